The SMILES string of the molecule is FC(F)(F)c1[c]c(Br)c(-c2cccnc2Cl)c(C(F)(C(F)(F)F)C(F)(F)F)c1. The van der Waals surface area contributed by atoms with Gasteiger partial charge in [0.2, 0.25) is 0 Å². The minimum absolute atomic E-state index is 0.593. The van der Waals surface area contributed by atoms with Gasteiger partial charge in [-0.1, -0.05) is 11.6 Å². The monoisotopic (exact) mass is 502 g/mol. The predicted molar refractivity (Wildman–Crippen MR) is 81.1 cm³/mol. The molecule has 1 heterocycles. The summed E-state index contributed by atoms with van der Waals surface area (Å²) in [6, 6.07) is 2.87. The zero-order chi connectivity index (χ0) is 21.7. The first-order valence-corrected chi connectivity index (χ1v) is 7.95. The Morgan fingerprint density at radius 1 is 0.929 bits per heavy atom. The van der Waals surface area contributed by atoms with E-state index in [1.54, 1.807) is 6.07 Å². The van der Waals surface area contributed by atoms with E-state index >= 15 is 0 Å². The summed E-state index contributed by atoms with van der Waals surface area (Å²) in [5.74, 6) is 0. The van der Waals surface area contributed by atoms with Crippen molar-refractivity contribution in [2.24, 2.45) is 0 Å². The van der Waals surface area contributed by atoms with Gasteiger partial charge < -0.3 is 0 Å². The van der Waals surface area contributed by atoms with E-state index in [1.165, 1.54) is 0 Å². The molecule has 0 aliphatic rings. The molecule has 0 N–H and O–H groups in total. The molecule has 0 spiro atoms. The number of benzene rings is 1. The minimum Gasteiger partial charge on any atom is -0.244 e. The van der Waals surface area contributed by atoms with Gasteiger partial charge in [0, 0.05) is 33.4 Å². The van der Waals surface area contributed by atoms with Crippen LogP contribution in [0, 0.1) is 6.07 Å². The van der Waals surface area contributed by atoms with Crippen LogP contribution in [0.5, 0.6) is 0 Å². The minimum atomic E-state index is -6.64. The van der Waals surface area contributed by atoms with Crippen molar-refractivity contribution in [3.05, 3.63) is 51.2 Å². The second-order valence-corrected chi connectivity index (χ2v) is 6.43. The summed E-state index contributed by atoms with van der Waals surface area (Å²) in [6.07, 6.45) is -17.7. The van der Waals surface area contributed by atoms with Crippen LogP contribution in [-0.4, -0.2) is 17.3 Å². The first-order chi connectivity index (χ1) is 12.5. The second-order valence-electron chi connectivity index (χ2n) is 5.28. The number of nitrogens with zero attached hydrogens (tertiary/aromatic N) is 1. The van der Waals surface area contributed by atoms with E-state index in [0.29, 0.717) is 0 Å². The molecule has 1 aromatic carbocycles. The molecular formula is C15H4BrClF10N. The third-order valence-electron chi connectivity index (χ3n) is 3.51. The van der Waals surface area contributed by atoms with Crippen LogP contribution in [0.15, 0.2) is 28.9 Å². The average molecular weight is 504 g/mol. The lowest BCUT2D eigenvalue weighted by Crippen LogP contribution is -2.50. The summed E-state index contributed by atoms with van der Waals surface area (Å²) in [5.41, 5.74) is -12.4. The molecule has 0 saturated carbocycles. The Balaban J connectivity index is 3.06. The van der Waals surface area contributed by atoms with Crippen molar-refractivity contribution in [1.82, 2.24) is 4.98 Å². The van der Waals surface area contributed by atoms with Crippen molar-refractivity contribution in [2.75, 3.05) is 0 Å². The number of alkyl halides is 10. The van der Waals surface area contributed by atoms with Gasteiger partial charge in [-0.2, -0.15) is 39.5 Å². The molecule has 0 aliphatic carbocycles. The average Bonchev–Trinajstić information content (AvgIpc) is 2.51. The van der Waals surface area contributed by atoms with Gasteiger partial charge in [-0.3, -0.25) is 0 Å². The second kappa shape index (κ2) is 7.05. The van der Waals surface area contributed by atoms with Crippen molar-refractivity contribution < 1.29 is 43.9 Å². The number of pyridine rings is 1. The summed E-state index contributed by atoms with van der Waals surface area (Å²) >= 11 is 8.10. The Hall–Kier alpha value is -1.56. The van der Waals surface area contributed by atoms with E-state index in [1.807, 2.05) is 0 Å². The molecule has 28 heavy (non-hydrogen) atoms. The normalized spacial score (nSPS) is 13.7. The number of hydrogen-bond acceptors (Lipinski definition) is 1. The molecule has 0 bridgehead atoms. The van der Waals surface area contributed by atoms with Crippen LogP contribution in [0.4, 0.5) is 43.9 Å². The molecule has 2 rings (SSSR count). The summed E-state index contributed by atoms with van der Waals surface area (Å²) < 4.78 is 132. The first-order valence-electron chi connectivity index (χ1n) is 6.78. The van der Waals surface area contributed by atoms with E-state index in [9.17, 15) is 43.9 Å². The molecule has 1 radical (unpaired) electrons. The zero-order valence-corrected chi connectivity index (χ0v) is 15.1. The van der Waals surface area contributed by atoms with Crippen molar-refractivity contribution >= 4 is 27.5 Å². The van der Waals surface area contributed by atoms with Gasteiger partial charge in [0.15, 0.2) is 0 Å². The summed E-state index contributed by atoms with van der Waals surface area (Å²) in [7, 11) is 0. The van der Waals surface area contributed by atoms with Gasteiger partial charge in [0.25, 0.3) is 0 Å². The summed E-state index contributed by atoms with van der Waals surface area (Å²) in [5, 5.41) is -0.663. The third-order valence-corrected chi connectivity index (χ3v) is 4.40. The highest BCUT2D eigenvalue weighted by molar-refractivity contribution is 9.10. The van der Waals surface area contributed by atoms with Crippen LogP contribution in [0.3, 0.4) is 0 Å². The van der Waals surface area contributed by atoms with Gasteiger partial charge >= 0.3 is 24.2 Å². The molecule has 13 heteroatoms. The van der Waals surface area contributed by atoms with Gasteiger partial charge in [-0.05, 0) is 34.1 Å². The highest BCUT2D eigenvalue weighted by atomic mass is 79.9. The van der Waals surface area contributed by atoms with Crippen molar-refractivity contribution in [3.8, 4) is 11.1 Å². The van der Waals surface area contributed by atoms with Gasteiger partial charge in [0.05, 0.1) is 5.56 Å². The van der Waals surface area contributed by atoms with Crippen LogP contribution < -0.4 is 0 Å². The molecule has 0 atom stereocenters. The molecule has 0 amide bonds. The van der Waals surface area contributed by atoms with Gasteiger partial charge in [0.1, 0.15) is 5.15 Å². The lowest BCUT2D eigenvalue weighted by molar-refractivity contribution is -0.348. The maximum atomic E-state index is 14.6. The van der Waals surface area contributed by atoms with Crippen LogP contribution >= 0.6 is 27.5 Å². The molecule has 0 fully saturated rings. The number of hydrogen-bond donors (Lipinski definition) is 0. The Morgan fingerprint density at radius 2 is 1.46 bits per heavy atom. The fourth-order valence-corrected chi connectivity index (χ4v) is 3.13. The van der Waals surface area contributed by atoms with Gasteiger partial charge in [-0.15, -0.1) is 0 Å². The molecule has 0 unspecified atom stereocenters. The van der Waals surface area contributed by atoms with E-state index in [2.05, 4.69) is 20.9 Å². The maximum Gasteiger partial charge on any atom is 0.435 e. The van der Waals surface area contributed by atoms with Gasteiger partial charge in [-0.25, -0.2) is 9.37 Å². The summed E-state index contributed by atoms with van der Waals surface area (Å²) in [6.45, 7) is 0. The van der Waals surface area contributed by atoms with Crippen LogP contribution in [-0.2, 0) is 11.8 Å². The topological polar surface area (TPSA) is 12.9 Å². The quantitative estimate of drug-likeness (QED) is 0.310. The predicted octanol–water partition coefficient (Wildman–Crippen LogP) is 7.27. The first kappa shape index (κ1) is 22.7. The van der Waals surface area contributed by atoms with Crippen molar-refractivity contribution in [2.45, 2.75) is 24.2 Å². The molecule has 153 valence electrons. The smallest absolute Gasteiger partial charge is 0.244 e. The van der Waals surface area contributed by atoms with Crippen LogP contribution in [0.25, 0.3) is 11.1 Å². The van der Waals surface area contributed by atoms with Crippen molar-refractivity contribution in [3.63, 3.8) is 0 Å². The largest absolute Gasteiger partial charge is 0.435 e. The molecule has 1 aromatic heterocycles. The molecule has 2 aromatic rings. The highest BCUT2D eigenvalue weighted by Crippen LogP contribution is 2.57. The van der Waals surface area contributed by atoms with Crippen LogP contribution in [0.1, 0.15) is 11.1 Å². The number of rotatable bonds is 2. The Kier molecular flexibility index (Phi) is 5.72. The zero-order valence-electron chi connectivity index (χ0n) is 12.8. The standard InChI is InChI=1S/C15H4BrClF10N/c16-9-5-6(13(19,20)21)4-8(10(9)7-2-1-3-28-11(7)17)12(18,14(22,23)24)15(25,26)27/h1-4H. The lowest BCUT2D eigenvalue weighted by Gasteiger charge is -2.32. The van der Waals surface area contributed by atoms with Crippen LogP contribution in [0.2, 0.25) is 5.15 Å². The molecule has 0 saturated heterocycles. The maximum absolute atomic E-state index is 14.6. The Bertz CT molecular complexity index is 874. The number of aromatic nitrogens is 1. The Labute approximate surface area is 163 Å². The van der Waals surface area contributed by atoms with E-state index in [-0.39, 0.29) is 0 Å². The third kappa shape index (κ3) is 3.80. The highest BCUT2D eigenvalue weighted by Gasteiger charge is 2.74. The molecule has 1 nitrogen and oxygen atoms in total. The van der Waals surface area contributed by atoms with E-state index in [4.69, 9.17) is 11.6 Å². The number of halogens is 12. The van der Waals surface area contributed by atoms with Crippen molar-refractivity contribution in [1.29, 1.82) is 0 Å². The lowest BCUT2D eigenvalue weighted by atomic mass is 9.86. The summed E-state index contributed by atoms with van der Waals surface area (Å²) in [4.78, 5) is 3.44. The Morgan fingerprint density at radius 3 is 1.89 bits per heavy atom. The van der Waals surface area contributed by atoms with E-state index in [0.717, 1.165) is 18.3 Å². The fourth-order valence-electron chi connectivity index (χ4n) is 2.28. The van der Waals surface area contributed by atoms with E-state index < -0.39 is 62.1 Å². The molecule has 0 aliphatic heterocycles. The molecular weight excluding hydrogens is 500 g/mol. The fraction of sp³-hybridized carbons (Fsp3) is 0.267.